The molecule has 0 aliphatic carbocycles. The van der Waals surface area contributed by atoms with Gasteiger partial charge in [-0.2, -0.15) is 0 Å². The Hall–Kier alpha value is -1.89. The fourth-order valence-corrected chi connectivity index (χ4v) is 3.49. The van der Waals surface area contributed by atoms with Crippen LogP contribution in [0, 0.1) is 0 Å². The summed E-state index contributed by atoms with van der Waals surface area (Å²) in [4.78, 5) is 27.0. The maximum Gasteiger partial charge on any atom is 0.410 e. The number of thioether (sulfide) groups is 1. The number of likely N-dealkylation sites (tertiary alicyclic amines) is 1. The Morgan fingerprint density at radius 1 is 1.22 bits per heavy atom. The predicted octanol–water partition coefficient (Wildman–Crippen LogP) is 4.36. The van der Waals surface area contributed by atoms with E-state index in [0.717, 1.165) is 10.6 Å². The summed E-state index contributed by atoms with van der Waals surface area (Å²) in [6.07, 6.45) is 1.02. The van der Waals surface area contributed by atoms with Crippen molar-refractivity contribution in [3.63, 3.8) is 0 Å². The molecule has 0 atom stereocenters. The quantitative estimate of drug-likeness (QED) is 0.545. The second-order valence-electron chi connectivity index (χ2n) is 7.37. The molecule has 2 rings (SSSR count). The van der Waals surface area contributed by atoms with Crippen LogP contribution >= 0.6 is 11.8 Å². The molecule has 1 aromatic carbocycles. The SMILES string of the molecule is CCSc1ccc(C(=O)OC)c(OC2CCN(C(=O)OC(C)(C)C)CC2)c1. The highest BCUT2D eigenvalue weighted by Crippen LogP contribution is 2.30. The lowest BCUT2D eigenvalue weighted by atomic mass is 10.1. The summed E-state index contributed by atoms with van der Waals surface area (Å²) in [6.45, 7) is 8.78. The molecule has 1 fully saturated rings. The Balaban J connectivity index is 2.02. The smallest absolute Gasteiger partial charge is 0.410 e. The highest BCUT2D eigenvalue weighted by molar-refractivity contribution is 7.99. The van der Waals surface area contributed by atoms with Gasteiger partial charge in [-0.1, -0.05) is 6.92 Å². The molecule has 0 spiro atoms. The molecular weight excluding hydrogens is 366 g/mol. The predicted molar refractivity (Wildman–Crippen MR) is 106 cm³/mol. The fourth-order valence-electron chi connectivity index (χ4n) is 2.80. The fraction of sp³-hybridized carbons (Fsp3) is 0.600. The van der Waals surface area contributed by atoms with Crippen molar-refractivity contribution >= 4 is 23.8 Å². The van der Waals surface area contributed by atoms with Crippen molar-refractivity contribution in [1.29, 1.82) is 0 Å². The number of esters is 1. The Bertz CT molecular complexity index is 663. The van der Waals surface area contributed by atoms with E-state index in [1.807, 2.05) is 32.9 Å². The number of rotatable bonds is 5. The molecule has 1 aliphatic rings. The number of ether oxygens (including phenoxy) is 3. The molecule has 0 saturated carbocycles. The van der Waals surface area contributed by atoms with Crippen molar-refractivity contribution < 1.29 is 23.8 Å². The number of methoxy groups -OCH3 is 1. The molecular formula is C20H29NO5S. The zero-order valence-corrected chi connectivity index (χ0v) is 17.6. The van der Waals surface area contributed by atoms with Gasteiger partial charge in [0, 0.05) is 30.8 Å². The third-order valence-electron chi connectivity index (χ3n) is 4.06. The molecule has 1 aliphatic heterocycles. The molecule has 0 aromatic heterocycles. The maximum absolute atomic E-state index is 12.2. The van der Waals surface area contributed by atoms with Gasteiger partial charge in [0.25, 0.3) is 0 Å². The highest BCUT2D eigenvalue weighted by Gasteiger charge is 2.28. The summed E-state index contributed by atoms with van der Waals surface area (Å²) < 4.78 is 16.4. The monoisotopic (exact) mass is 395 g/mol. The number of carbonyl (C=O) groups is 2. The van der Waals surface area contributed by atoms with Crippen LogP contribution in [0.1, 0.15) is 50.9 Å². The summed E-state index contributed by atoms with van der Waals surface area (Å²) in [5.74, 6) is 1.06. The number of benzene rings is 1. The normalized spacial score (nSPS) is 15.4. The lowest BCUT2D eigenvalue weighted by molar-refractivity contribution is 0.0125. The third kappa shape index (κ3) is 6.34. The van der Waals surface area contributed by atoms with E-state index < -0.39 is 11.6 Å². The average Bonchev–Trinajstić information content (AvgIpc) is 2.61. The van der Waals surface area contributed by atoms with Gasteiger partial charge in [0.15, 0.2) is 0 Å². The Labute approximate surface area is 165 Å². The van der Waals surface area contributed by atoms with E-state index in [1.165, 1.54) is 7.11 Å². The largest absolute Gasteiger partial charge is 0.489 e. The van der Waals surface area contributed by atoms with E-state index in [1.54, 1.807) is 22.7 Å². The van der Waals surface area contributed by atoms with E-state index in [9.17, 15) is 9.59 Å². The van der Waals surface area contributed by atoms with Crippen LogP contribution in [0.25, 0.3) is 0 Å². The topological polar surface area (TPSA) is 65.1 Å². The van der Waals surface area contributed by atoms with Gasteiger partial charge in [-0.05, 0) is 44.7 Å². The minimum atomic E-state index is -0.503. The van der Waals surface area contributed by atoms with E-state index in [0.29, 0.717) is 37.2 Å². The Morgan fingerprint density at radius 3 is 2.44 bits per heavy atom. The van der Waals surface area contributed by atoms with Crippen LogP contribution in [0.4, 0.5) is 4.79 Å². The second-order valence-corrected chi connectivity index (χ2v) is 8.70. The van der Waals surface area contributed by atoms with Crippen LogP contribution < -0.4 is 4.74 Å². The highest BCUT2D eigenvalue weighted by atomic mass is 32.2. The Kier molecular flexibility index (Phi) is 7.41. The van der Waals surface area contributed by atoms with Crippen molar-refractivity contribution in [3.05, 3.63) is 23.8 Å². The molecule has 0 unspecified atom stereocenters. The van der Waals surface area contributed by atoms with Crippen molar-refractivity contribution in [2.45, 2.75) is 57.1 Å². The molecule has 27 heavy (non-hydrogen) atoms. The van der Waals surface area contributed by atoms with Gasteiger partial charge in [-0.15, -0.1) is 11.8 Å². The minimum Gasteiger partial charge on any atom is -0.489 e. The van der Waals surface area contributed by atoms with Gasteiger partial charge in [0.1, 0.15) is 23.0 Å². The number of hydrogen-bond donors (Lipinski definition) is 0. The van der Waals surface area contributed by atoms with Crippen molar-refractivity contribution in [3.8, 4) is 5.75 Å². The van der Waals surface area contributed by atoms with Crippen molar-refractivity contribution in [2.24, 2.45) is 0 Å². The lowest BCUT2D eigenvalue weighted by Crippen LogP contribution is -2.44. The van der Waals surface area contributed by atoms with E-state index >= 15 is 0 Å². The third-order valence-corrected chi connectivity index (χ3v) is 4.93. The number of amides is 1. The van der Waals surface area contributed by atoms with Crippen LogP contribution in [-0.2, 0) is 9.47 Å². The summed E-state index contributed by atoms with van der Waals surface area (Å²) >= 11 is 1.69. The van der Waals surface area contributed by atoms with Crippen LogP contribution in [0.3, 0.4) is 0 Å². The van der Waals surface area contributed by atoms with Crippen LogP contribution in [0.5, 0.6) is 5.75 Å². The van der Waals surface area contributed by atoms with Gasteiger partial charge < -0.3 is 19.1 Å². The zero-order chi connectivity index (χ0) is 20.0. The van der Waals surface area contributed by atoms with Gasteiger partial charge >= 0.3 is 12.1 Å². The standard InChI is InChI=1S/C20H29NO5S/c1-6-27-15-7-8-16(18(22)24-5)17(13-15)25-14-9-11-21(12-10-14)19(23)26-20(2,3)4/h7-8,13-14H,6,9-12H2,1-5H3. The number of piperidine rings is 1. The molecule has 0 bridgehead atoms. The molecule has 1 heterocycles. The van der Waals surface area contributed by atoms with Gasteiger partial charge in [-0.25, -0.2) is 9.59 Å². The van der Waals surface area contributed by atoms with E-state index in [2.05, 4.69) is 6.92 Å². The van der Waals surface area contributed by atoms with E-state index in [4.69, 9.17) is 14.2 Å². The number of carbonyl (C=O) groups excluding carboxylic acids is 2. The molecule has 7 heteroatoms. The molecule has 6 nitrogen and oxygen atoms in total. The van der Waals surface area contributed by atoms with Crippen LogP contribution in [0.15, 0.2) is 23.1 Å². The average molecular weight is 396 g/mol. The summed E-state index contributed by atoms with van der Waals surface area (Å²) in [5, 5.41) is 0. The van der Waals surface area contributed by atoms with Crippen LogP contribution in [-0.4, -0.2) is 54.6 Å². The molecule has 150 valence electrons. The maximum atomic E-state index is 12.2. The first-order valence-corrected chi connectivity index (χ1v) is 10.2. The summed E-state index contributed by atoms with van der Waals surface area (Å²) in [6, 6.07) is 5.54. The minimum absolute atomic E-state index is 0.0611. The molecule has 1 aromatic rings. The van der Waals surface area contributed by atoms with Gasteiger partial charge in [0.2, 0.25) is 0 Å². The molecule has 1 saturated heterocycles. The van der Waals surface area contributed by atoms with Gasteiger partial charge in [0.05, 0.1) is 7.11 Å². The summed E-state index contributed by atoms with van der Waals surface area (Å²) in [5.41, 5.74) is -0.0791. The first-order chi connectivity index (χ1) is 12.7. The van der Waals surface area contributed by atoms with Crippen molar-refractivity contribution in [2.75, 3.05) is 26.0 Å². The number of hydrogen-bond acceptors (Lipinski definition) is 6. The molecule has 0 radical (unpaired) electrons. The molecule has 1 amide bonds. The lowest BCUT2D eigenvalue weighted by Gasteiger charge is -2.33. The zero-order valence-electron chi connectivity index (χ0n) is 16.7. The van der Waals surface area contributed by atoms with Gasteiger partial charge in [-0.3, -0.25) is 0 Å². The summed E-state index contributed by atoms with van der Waals surface area (Å²) in [7, 11) is 1.36. The Morgan fingerprint density at radius 2 is 1.89 bits per heavy atom. The van der Waals surface area contributed by atoms with Crippen LogP contribution in [0.2, 0.25) is 0 Å². The number of nitrogens with zero attached hydrogens (tertiary/aromatic N) is 1. The second kappa shape index (κ2) is 9.35. The van der Waals surface area contributed by atoms with E-state index in [-0.39, 0.29) is 12.2 Å². The first kappa shape index (κ1) is 21.4. The molecule has 0 N–H and O–H groups in total. The van der Waals surface area contributed by atoms with Crippen molar-refractivity contribution in [1.82, 2.24) is 4.90 Å². The first-order valence-electron chi connectivity index (χ1n) is 9.23.